The average molecular weight is 234 g/mol. The monoisotopic (exact) mass is 234 g/mol. The zero-order chi connectivity index (χ0) is 12.4. The standard InChI is InChI=1S/C12H10O5/c1-7-11(9(13)3-5-15-7)17-12-8(2)16-6-4-10(12)14/h3-6H,1-2H3. The molecule has 0 fully saturated rings. The summed E-state index contributed by atoms with van der Waals surface area (Å²) in [7, 11) is 0. The summed E-state index contributed by atoms with van der Waals surface area (Å²) in [5.74, 6) is 0.600. The fourth-order valence-corrected chi connectivity index (χ4v) is 1.35. The molecule has 2 heterocycles. The Labute approximate surface area is 96.3 Å². The number of rotatable bonds is 2. The van der Waals surface area contributed by atoms with Gasteiger partial charge in [-0.1, -0.05) is 0 Å². The Bertz CT molecular complexity index is 593. The van der Waals surface area contributed by atoms with E-state index in [-0.39, 0.29) is 22.4 Å². The van der Waals surface area contributed by atoms with Crippen molar-refractivity contribution in [3.63, 3.8) is 0 Å². The second kappa shape index (κ2) is 4.29. The average Bonchev–Trinajstić information content (AvgIpc) is 2.27. The molecule has 88 valence electrons. The lowest BCUT2D eigenvalue weighted by molar-refractivity contribution is 0.390. The third-order valence-electron chi connectivity index (χ3n) is 2.22. The van der Waals surface area contributed by atoms with Crippen LogP contribution in [0.1, 0.15) is 11.5 Å². The topological polar surface area (TPSA) is 69.7 Å². The van der Waals surface area contributed by atoms with Crippen LogP contribution in [0.25, 0.3) is 0 Å². The maximum absolute atomic E-state index is 11.5. The quantitative estimate of drug-likeness (QED) is 0.794. The summed E-state index contributed by atoms with van der Waals surface area (Å²) in [6, 6.07) is 2.45. The van der Waals surface area contributed by atoms with E-state index in [0.29, 0.717) is 11.5 Å². The summed E-state index contributed by atoms with van der Waals surface area (Å²) < 4.78 is 15.4. The highest BCUT2D eigenvalue weighted by Crippen LogP contribution is 2.20. The first kappa shape index (κ1) is 11.2. The van der Waals surface area contributed by atoms with Crippen molar-refractivity contribution in [3.8, 4) is 11.5 Å². The van der Waals surface area contributed by atoms with Gasteiger partial charge in [-0.05, 0) is 13.8 Å². The van der Waals surface area contributed by atoms with E-state index in [0.717, 1.165) is 0 Å². The molecule has 5 nitrogen and oxygen atoms in total. The van der Waals surface area contributed by atoms with E-state index >= 15 is 0 Å². The third-order valence-corrected chi connectivity index (χ3v) is 2.22. The molecule has 0 unspecified atom stereocenters. The largest absolute Gasteiger partial charge is 0.465 e. The maximum Gasteiger partial charge on any atom is 0.227 e. The lowest BCUT2D eigenvalue weighted by Crippen LogP contribution is -2.10. The number of ether oxygens (including phenoxy) is 1. The first-order valence-corrected chi connectivity index (χ1v) is 4.94. The highest BCUT2D eigenvalue weighted by atomic mass is 16.5. The highest BCUT2D eigenvalue weighted by Gasteiger charge is 2.13. The van der Waals surface area contributed by atoms with Gasteiger partial charge in [-0.15, -0.1) is 0 Å². The van der Waals surface area contributed by atoms with Gasteiger partial charge in [0.2, 0.25) is 22.4 Å². The Kier molecular flexibility index (Phi) is 2.82. The molecule has 2 rings (SSSR count). The van der Waals surface area contributed by atoms with Crippen LogP contribution in [0.2, 0.25) is 0 Å². The molecule has 0 saturated heterocycles. The number of aryl methyl sites for hydroxylation is 2. The van der Waals surface area contributed by atoms with Crippen LogP contribution in [-0.4, -0.2) is 0 Å². The zero-order valence-corrected chi connectivity index (χ0v) is 9.35. The van der Waals surface area contributed by atoms with Crippen LogP contribution in [0.5, 0.6) is 11.5 Å². The van der Waals surface area contributed by atoms with Crippen LogP contribution in [0.15, 0.2) is 43.1 Å². The summed E-state index contributed by atoms with van der Waals surface area (Å²) in [4.78, 5) is 23.1. The second-order valence-electron chi connectivity index (χ2n) is 3.44. The van der Waals surface area contributed by atoms with Crippen LogP contribution < -0.4 is 15.6 Å². The lowest BCUT2D eigenvalue weighted by Gasteiger charge is -2.06. The summed E-state index contributed by atoms with van der Waals surface area (Å²) >= 11 is 0. The first-order chi connectivity index (χ1) is 8.09. The molecule has 0 aliphatic heterocycles. The molecule has 0 aliphatic carbocycles. The predicted molar refractivity (Wildman–Crippen MR) is 59.5 cm³/mol. The van der Waals surface area contributed by atoms with Gasteiger partial charge in [0.15, 0.2) is 0 Å². The SMILES string of the molecule is Cc1occc(=O)c1Oc1c(C)occc1=O. The van der Waals surface area contributed by atoms with Crippen molar-refractivity contribution >= 4 is 0 Å². The summed E-state index contributed by atoms with van der Waals surface area (Å²) in [5.41, 5.74) is -0.701. The molecule has 5 heteroatoms. The number of hydrogen-bond acceptors (Lipinski definition) is 5. The van der Waals surface area contributed by atoms with Gasteiger partial charge in [-0.3, -0.25) is 9.59 Å². The zero-order valence-electron chi connectivity index (χ0n) is 9.35. The van der Waals surface area contributed by atoms with Crippen molar-refractivity contribution < 1.29 is 13.6 Å². The lowest BCUT2D eigenvalue weighted by atomic mass is 10.3. The molecule has 0 bridgehead atoms. The van der Waals surface area contributed by atoms with E-state index in [1.165, 1.54) is 24.7 Å². The molecular weight excluding hydrogens is 224 g/mol. The molecule has 2 aromatic rings. The molecule has 17 heavy (non-hydrogen) atoms. The molecule has 0 amide bonds. The van der Waals surface area contributed by atoms with E-state index in [1.807, 2.05) is 0 Å². The van der Waals surface area contributed by atoms with Gasteiger partial charge in [-0.2, -0.15) is 0 Å². The van der Waals surface area contributed by atoms with Gasteiger partial charge in [0.25, 0.3) is 0 Å². The fourth-order valence-electron chi connectivity index (χ4n) is 1.35. The molecular formula is C12H10O5. The van der Waals surface area contributed by atoms with E-state index < -0.39 is 0 Å². The fraction of sp³-hybridized carbons (Fsp3) is 0.167. The molecule has 0 atom stereocenters. The molecule has 0 aromatic carbocycles. The Morgan fingerprint density at radius 3 is 1.65 bits per heavy atom. The molecule has 0 radical (unpaired) electrons. The van der Waals surface area contributed by atoms with Crippen LogP contribution in [0.3, 0.4) is 0 Å². The van der Waals surface area contributed by atoms with E-state index in [1.54, 1.807) is 13.8 Å². The van der Waals surface area contributed by atoms with Crippen LogP contribution in [0, 0.1) is 13.8 Å². The second-order valence-corrected chi connectivity index (χ2v) is 3.44. The van der Waals surface area contributed by atoms with Crippen LogP contribution >= 0.6 is 0 Å². The number of hydrogen-bond donors (Lipinski definition) is 0. The van der Waals surface area contributed by atoms with Gasteiger partial charge >= 0.3 is 0 Å². The van der Waals surface area contributed by atoms with E-state index in [2.05, 4.69) is 0 Å². The van der Waals surface area contributed by atoms with E-state index in [4.69, 9.17) is 13.6 Å². The Morgan fingerprint density at radius 2 is 1.29 bits per heavy atom. The summed E-state index contributed by atoms with van der Waals surface area (Å²) in [5, 5.41) is 0. The Morgan fingerprint density at radius 1 is 0.882 bits per heavy atom. The van der Waals surface area contributed by atoms with Gasteiger partial charge in [-0.25, -0.2) is 0 Å². The van der Waals surface area contributed by atoms with Crippen molar-refractivity contribution in [2.75, 3.05) is 0 Å². The summed E-state index contributed by atoms with van der Waals surface area (Å²) in [6.45, 7) is 3.16. The predicted octanol–water partition coefficient (Wildman–Crippen LogP) is 2.00. The van der Waals surface area contributed by atoms with Gasteiger partial charge in [0.05, 0.1) is 12.5 Å². The molecule has 0 aliphatic rings. The maximum atomic E-state index is 11.5. The van der Waals surface area contributed by atoms with Crippen molar-refractivity contribution in [3.05, 3.63) is 56.6 Å². The van der Waals surface area contributed by atoms with Crippen molar-refractivity contribution in [1.82, 2.24) is 0 Å². The highest BCUT2D eigenvalue weighted by molar-refractivity contribution is 5.32. The molecule has 0 saturated carbocycles. The van der Waals surface area contributed by atoms with Crippen molar-refractivity contribution in [2.24, 2.45) is 0 Å². The molecule has 0 spiro atoms. The van der Waals surface area contributed by atoms with Gasteiger partial charge in [0.1, 0.15) is 11.5 Å². The first-order valence-electron chi connectivity index (χ1n) is 4.94. The van der Waals surface area contributed by atoms with Crippen molar-refractivity contribution in [1.29, 1.82) is 0 Å². The minimum atomic E-state index is -0.351. The van der Waals surface area contributed by atoms with Gasteiger partial charge < -0.3 is 13.6 Å². The smallest absolute Gasteiger partial charge is 0.227 e. The Hall–Kier alpha value is -2.30. The van der Waals surface area contributed by atoms with E-state index in [9.17, 15) is 9.59 Å². The molecule has 0 N–H and O–H groups in total. The van der Waals surface area contributed by atoms with Crippen molar-refractivity contribution in [2.45, 2.75) is 13.8 Å². The minimum absolute atomic E-state index is 0.00546. The minimum Gasteiger partial charge on any atom is -0.465 e. The summed E-state index contributed by atoms with van der Waals surface area (Å²) in [6.07, 6.45) is 2.54. The van der Waals surface area contributed by atoms with Gasteiger partial charge in [0, 0.05) is 12.1 Å². The Balaban J connectivity index is 2.53. The molecule has 2 aromatic heterocycles. The normalized spacial score (nSPS) is 10.2. The third kappa shape index (κ3) is 2.13. The van der Waals surface area contributed by atoms with Crippen LogP contribution in [0.4, 0.5) is 0 Å². The van der Waals surface area contributed by atoms with Crippen LogP contribution in [-0.2, 0) is 0 Å².